The summed E-state index contributed by atoms with van der Waals surface area (Å²) in [6.45, 7) is 6.37. The van der Waals surface area contributed by atoms with E-state index in [1.165, 1.54) is 4.88 Å². The van der Waals surface area contributed by atoms with Crippen LogP contribution in [-0.4, -0.2) is 50.0 Å². The van der Waals surface area contributed by atoms with Gasteiger partial charge in [0.25, 0.3) is 0 Å². The van der Waals surface area contributed by atoms with Crippen molar-refractivity contribution < 1.29 is 14.7 Å². The minimum atomic E-state index is -1.09. The SMILES string of the molecule is Cc1sc2c(c1C)C(c1ccc(Cl)cc1)=N[C@@H](CC(=O)NCCC#CCC(N)C(=O)O)c1nnc(C)n1-2. The normalized spacial score (nSPS) is 14.9. The molecule has 1 aromatic carbocycles. The number of aromatic nitrogens is 3. The monoisotopic (exact) mass is 538 g/mol. The van der Waals surface area contributed by atoms with E-state index < -0.39 is 18.1 Å². The molecule has 0 saturated heterocycles. The molecule has 9 nitrogen and oxygen atoms in total. The number of nitrogens with zero attached hydrogens (tertiary/aromatic N) is 4. The molecule has 3 aromatic rings. The van der Waals surface area contributed by atoms with Gasteiger partial charge in [0.1, 0.15) is 22.9 Å². The van der Waals surface area contributed by atoms with Crippen molar-refractivity contribution >= 4 is 40.5 Å². The number of thiophene rings is 1. The van der Waals surface area contributed by atoms with Crippen LogP contribution in [-0.2, 0) is 9.59 Å². The van der Waals surface area contributed by atoms with Gasteiger partial charge in [-0.15, -0.1) is 33.4 Å². The number of aliphatic imine (C=N–C) groups is 1. The summed E-state index contributed by atoms with van der Waals surface area (Å²) in [4.78, 5) is 29.9. The van der Waals surface area contributed by atoms with Gasteiger partial charge in [-0.3, -0.25) is 19.1 Å². The van der Waals surface area contributed by atoms with Crippen molar-refractivity contribution in [1.29, 1.82) is 0 Å². The summed E-state index contributed by atoms with van der Waals surface area (Å²) >= 11 is 7.80. The van der Waals surface area contributed by atoms with E-state index in [9.17, 15) is 9.59 Å². The molecule has 1 unspecified atom stereocenters. The van der Waals surface area contributed by atoms with Gasteiger partial charge in [0.15, 0.2) is 5.82 Å². The molecular formula is C26H27ClN6O3S. The predicted molar refractivity (Wildman–Crippen MR) is 144 cm³/mol. The highest BCUT2D eigenvalue weighted by Crippen LogP contribution is 2.39. The highest BCUT2D eigenvalue weighted by atomic mass is 35.5. The number of nitrogens with two attached hydrogens (primary N) is 1. The van der Waals surface area contributed by atoms with Crippen molar-refractivity contribution in [3.05, 3.63) is 62.5 Å². The smallest absolute Gasteiger partial charge is 0.321 e. The molecule has 4 N–H and O–H groups in total. The number of aryl methyl sites for hydroxylation is 2. The zero-order valence-corrected chi connectivity index (χ0v) is 22.3. The summed E-state index contributed by atoms with van der Waals surface area (Å²) in [6.07, 6.45) is 0.526. The summed E-state index contributed by atoms with van der Waals surface area (Å²) in [5, 5.41) is 22.0. The average Bonchev–Trinajstić information content (AvgIpc) is 3.33. The fourth-order valence-electron chi connectivity index (χ4n) is 4.00. The molecule has 11 heteroatoms. The van der Waals surface area contributed by atoms with Gasteiger partial charge in [-0.05, 0) is 38.5 Å². The number of carboxylic acids is 1. The Labute approximate surface area is 223 Å². The number of fused-ring (bicyclic) bond motifs is 3. The number of benzene rings is 1. The van der Waals surface area contributed by atoms with Gasteiger partial charge in [-0.2, -0.15) is 0 Å². The number of hydrogen-bond acceptors (Lipinski definition) is 7. The van der Waals surface area contributed by atoms with Gasteiger partial charge in [0, 0.05) is 40.4 Å². The second-order valence-corrected chi connectivity index (χ2v) is 10.4. The maximum absolute atomic E-state index is 12.9. The molecular weight excluding hydrogens is 512 g/mol. The Morgan fingerprint density at radius 1 is 1.22 bits per heavy atom. The number of carboxylic acid groups (broad SMARTS) is 1. The van der Waals surface area contributed by atoms with E-state index in [0.717, 1.165) is 33.2 Å². The lowest BCUT2D eigenvalue weighted by molar-refractivity contribution is -0.138. The first-order chi connectivity index (χ1) is 17.7. The maximum atomic E-state index is 12.9. The lowest BCUT2D eigenvalue weighted by Gasteiger charge is -2.13. The molecule has 0 radical (unpaired) electrons. The van der Waals surface area contributed by atoms with Gasteiger partial charge in [0.2, 0.25) is 5.91 Å². The fraction of sp³-hybridized carbons (Fsp3) is 0.346. The van der Waals surface area contributed by atoms with Gasteiger partial charge >= 0.3 is 5.97 Å². The number of aliphatic carboxylic acids is 1. The average molecular weight is 539 g/mol. The first-order valence-electron chi connectivity index (χ1n) is 11.7. The maximum Gasteiger partial charge on any atom is 0.321 e. The largest absolute Gasteiger partial charge is 0.480 e. The second-order valence-electron chi connectivity index (χ2n) is 8.71. The molecule has 1 aliphatic heterocycles. The highest BCUT2D eigenvalue weighted by Gasteiger charge is 2.32. The zero-order chi connectivity index (χ0) is 26.7. The van der Waals surface area contributed by atoms with E-state index in [1.54, 1.807) is 11.3 Å². The quantitative estimate of drug-likeness (QED) is 0.311. The number of carbonyl (C=O) groups is 2. The lowest BCUT2D eigenvalue weighted by Crippen LogP contribution is -2.29. The summed E-state index contributed by atoms with van der Waals surface area (Å²) < 4.78 is 2.00. The molecule has 2 atom stereocenters. The molecule has 4 rings (SSSR count). The van der Waals surface area contributed by atoms with Crippen molar-refractivity contribution in [2.75, 3.05) is 6.54 Å². The number of carbonyl (C=O) groups excluding carboxylic acids is 1. The number of hydrogen-bond donors (Lipinski definition) is 3. The first kappa shape index (κ1) is 26.5. The Hall–Kier alpha value is -3.52. The first-order valence-corrected chi connectivity index (χ1v) is 12.9. The second kappa shape index (κ2) is 11.3. The van der Waals surface area contributed by atoms with Crippen LogP contribution in [0.4, 0.5) is 0 Å². The van der Waals surface area contributed by atoms with Crippen LogP contribution in [0.15, 0.2) is 29.3 Å². The molecule has 3 heterocycles. The Morgan fingerprint density at radius 2 is 1.95 bits per heavy atom. The van der Waals surface area contributed by atoms with Gasteiger partial charge < -0.3 is 16.2 Å². The molecule has 1 aliphatic rings. The topological polar surface area (TPSA) is 135 Å². The number of rotatable bonds is 7. The Morgan fingerprint density at radius 3 is 2.65 bits per heavy atom. The number of halogens is 1. The van der Waals surface area contributed by atoms with Crippen molar-refractivity contribution in [2.24, 2.45) is 10.7 Å². The predicted octanol–water partition coefficient (Wildman–Crippen LogP) is 3.50. The lowest BCUT2D eigenvalue weighted by atomic mass is 9.99. The third kappa shape index (κ3) is 5.74. The van der Waals surface area contributed by atoms with E-state index in [-0.39, 0.29) is 18.7 Å². The van der Waals surface area contributed by atoms with Crippen molar-refractivity contribution in [2.45, 2.75) is 52.1 Å². The van der Waals surface area contributed by atoms with Crippen molar-refractivity contribution in [3.8, 4) is 16.8 Å². The van der Waals surface area contributed by atoms with E-state index >= 15 is 0 Å². The van der Waals surface area contributed by atoms with Crippen LogP contribution in [0.5, 0.6) is 0 Å². The van der Waals surface area contributed by atoms with Gasteiger partial charge in [-0.25, -0.2) is 0 Å². The molecule has 0 bridgehead atoms. The number of nitrogens with one attached hydrogen (secondary N) is 1. The zero-order valence-electron chi connectivity index (χ0n) is 20.7. The van der Waals surface area contributed by atoms with Gasteiger partial charge in [-0.1, -0.05) is 23.7 Å². The summed E-state index contributed by atoms with van der Waals surface area (Å²) in [6, 6.07) is 5.96. The Kier molecular flexibility index (Phi) is 8.07. The molecule has 2 aromatic heterocycles. The number of amides is 1. The Balaban J connectivity index is 1.60. The van der Waals surface area contributed by atoms with Gasteiger partial charge in [0.05, 0.1) is 12.1 Å². The molecule has 37 heavy (non-hydrogen) atoms. The third-order valence-electron chi connectivity index (χ3n) is 6.07. The fourth-order valence-corrected chi connectivity index (χ4v) is 5.34. The standard InChI is InChI=1S/C26H27ClN6O3S/c1-14-15(2)37-25-22(14)23(17-8-10-18(27)11-9-17)30-20(24-32-31-16(3)33(24)25)13-21(34)29-12-6-4-5-7-19(28)26(35)36/h8-11,19-20H,6-7,12-13,28H2,1-3H3,(H,29,34)(H,35,36)/t19?,20-/m0/s1. The third-order valence-corrected chi connectivity index (χ3v) is 7.52. The molecule has 0 spiro atoms. The summed E-state index contributed by atoms with van der Waals surface area (Å²) in [5.41, 5.74) is 9.26. The summed E-state index contributed by atoms with van der Waals surface area (Å²) in [5.74, 6) is 5.63. The molecule has 0 aliphatic carbocycles. The van der Waals surface area contributed by atoms with Crippen LogP contribution in [0, 0.1) is 32.6 Å². The van der Waals surface area contributed by atoms with Crippen molar-refractivity contribution in [1.82, 2.24) is 20.1 Å². The van der Waals surface area contributed by atoms with Crippen LogP contribution in [0.3, 0.4) is 0 Å². The Bertz CT molecular complexity index is 1430. The minimum absolute atomic E-state index is 0.0611. The summed E-state index contributed by atoms with van der Waals surface area (Å²) in [7, 11) is 0. The molecule has 0 fully saturated rings. The van der Waals surface area contributed by atoms with E-state index in [2.05, 4.69) is 41.2 Å². The van der Waals surface area contributed by atoms with Crippen LogP contribution >= 0.6 is 22.9 Å². The minimum Gasteiger partial charge on any atom is -0.480 e. The van der Waals surface area contributed by atoms with E-state index in [0.29, 0.717) is 23.8 Å². The van der Waals surface area contributed by atoms with Crippen molar-refractivity contribution in [3.63, 3.8) is 0 Å². The van der Waals surface area contributed by atoms with Crippen LogP contribution in [0.25, 0.3) is 5.00 Å². The van der Waals surface area contributed by atoms with Crippen LogP contribution < -0.4 is 11.1 Å². The molecule has 1 amide bonds. The van der Waals surface area contributed by atoms with E-state index in [4.69, 9.17) is 27.4 Å². The van der Waals surface area contributed by atoms with Crippen LogP contribution in [0.1, 0.15) is 58.5 Å². The molecule has 0 saturated carbocycles. The highest BCUT2D eigenvalue weighted by molar-refractivity contribution is 7.15. The van der Waals surface area contributed by atoms with Crippen LogP contribution in [0.2, 0.25) is 5.02 Å². The molecule has 192 valence electrons. The van der Waals surface area contributed by atoms with E-state index in [1.807, 2.05) is 35.8 Å².